The molecule has 0 radical (unpaired) electrons. The molecule has 1 aromatic heterocycles. The quantitative estimate of drug-likeness (QED) is 0.296. The lowest BCUT2D eigenvalue weighted by atomic mass is 10.1. The Kier molecular flexibility index (Phi) is 5.53. The number of allylic oxidation sites excluding steroid dienone is 2. The van der Waals surface area contributed by atoms with Crippen molar-refractivity contribution in [3.63, 3.8) is 0 Å². The van der Waals surface area contributed by atoms with Crippen LogP contribution in [-0.4, -0.2) is 18.9 Å². The molecule has 5 nitrogen and oxygen atoms in total. The van der Waals surface area contributed by atoms with E-state index < -0.39 is 11.8 Å². The van der Waals surface area contributed by atoms with Crippen LogP contribution < -0.4 is 4.90 Å². The SMILES string of the molecule is COC(=O)C1=C(C)N(c2ccc(C)cc2)/C(=C/c2ccc(-c3cccc(Cl)c3)o2)C1=O. The zero-order valence-electron chi connectivity index (χ0n) is 17.3. The summed E-state index contributed by atoms with van der Waals surface area (Å²) in [7, 11) is 1.26. The summed E-state index contributed by atoms with van der Waals surface area (Å²) in [5, 5.41) is 0.605. The number of hydrogen-bond acceptors (Lipinski definition) is 5. The predicted octanol–water partition coefficient (Wildman–Crippen LogP) is 5.79. The molecule has 0 N–H and O–H groups in total. The van der Waals surface area contributed by atoms with Crippen molar-refractivity contribution in [3.05, 3.63) is 94.0 Å². The third-order valence-corrected chi connectivity index (χ3v) is 5.33. The van der Waals surface area contributed by atoms with Crippen molar-refractivity contribution in [1.29, 1.82) is 0 Å². The molecular weight excluding hydrogens is 414 g/mol. The lowest BCUT2D eigenvalue weighted by Gasteiger charge is -2.21. The fraction of sp³-hybridized carbons (Fsp3) is 0.120. The molecular formula is C25H20ClNO4. The van der Waals surface area contributed by atoms with Crippen LogP contribution in [0.15, 0.2) is 82.0 Å². The first kappa shape index (κ1) is 20.7. The van der Waals surface area contributed by atoms with Gasteiger partial charge < -0.3 is 14.1 Å². The van der Waals surface area contributed by atoms with Gasteiger partial charge in [0.05, 0.1) is 12.8 Å². The number of ether oxygens (including phenoxy) is 1. The van der Waals surface area contributed by atoms with E-state index in [2.05, 4.69) is 0 Å². The molecule has 0 atom stereocenters. The van der Waals surface area contributed by atoms with Gasteiger partial charge in [0, 0.05) is 28.0 Å². The van der Waals surface area contributed by atoms with Gasteiger partial charge in [-0.05, 0) is 50.2 Å². The molecule has 156 valence electrons. The van der Waals surface area contributed by atoms with Crippen molar-refractivity contribution in [2.75, 3.05) is 12.0 Å². The minimum Gasteiger partial charge on any atom is -0.465 e. The van der Waals surface area contributed by atoms with E-state index in [-0.39, 0.29) is 5.57 Å². The maximum absolute atomic E-state index is 13.2. The van der Waals surface area contributed by atoms with Gasteiger partial charge in [0.15, 0.2) is 0 Å². The number of furan rings is 1. The Bertz CT molecular complexity index is 1230. The first-order valence-electron chi connectivity index (χ1n) is 9.67. The average Bonchev–Trinajstić information content (AvgIpc) is 3.32. The molecule has 0 aliphatic carbocycles. The van der Waals surface area contributed by atoms with Crippen molar-refractivity contribution < 1.29 is 18.7 Å². The standard InChI is InChI=1S/C25H20ClNO4/c1-15-7-9-19(10-8-15)27-16(2)23(25(29)30-3)24(28)21(27)14-20-11-12-22(31-20)17-5-4-6-18(26)13-17/h4-14H,1-3H3/b21-14+. The summed E-state index contributed by atoms with van der Waals surface area (Å²) in [6.07, 6.45) is 1.63. The smallest absolute Gasteiger partial charge is 0.343 e. The van der Waals surface area contributed by atoms with Crippen LogP contribution in [0.3, 0.4) is 0 Å². The number of esters is 1. The van der Waals surface area contributed by atoms with Crippen molar-refractivity contribution >= 4 is 35.1 Å². The van der Waals surface area contributed by atoms with E-state index in [1.165, 1.54) is 7.11 Å². The second kappa shape index (κ2) is 8.28. The number of anilines is 1. The summed E-state index contributed by atoms with van der Waals surface area (Å²) in [4.78, 5) is 27.2. The van der Waals surface area contributed by atoms with Crippen LogP contribution in [0.25, 0.3) is 17.4 Å². The maximum atomic E-state index is 13.2. The first-order valence-corrected chi connectivity index (χ1v) is 10.0. The second-order valence-electron chi connectivity index (χ2n) is 7.19. The summed E-state index contributed by atoms with van der Waals surface area (Å²) < 4.78 is 10.8. The van der Waals surface area contributed by atoms with Gasteiger partial charge in [0.2, 0.25) is 5.78 Å². The van der Waals surface area contributed by atoms with Gasteiger partial charge in [-0.15, -0.1) is 0 Å². The Morgan fingerprint density at radius 2 is 1.81 bits per heavy atom. The molecule has 0 spiro atoms. The average molecular weight is 434 g/mol. The van der Waals surface area contributed by atoms with Crippen molar-refractivity contribution in [3.8, 4) is 11.3 Å². The number of aryl methyl sites for hydroxylation is 1. The summed E-state index contributed by atoms with van der Waals surface area (Å²) in [6.45, 7) is 3.71. The normalized spacial score (nSPS) is 15.2. The molecule has 0 bridgehead atoms. The zero-order valence-corrected chi connectivity index (χ0v) is 18.1. The predicted molar refractivity (Wildman–Crippen MR) is 121 cm³/mol. The van der Waals surface area contributed by atoms with Crippen molar-refractivity contribution in [1.82, 2.24) is 0 Å². The highest BCUT2D eigenvalue weighted by atomic mass is 35.5. The largest absolute Gasteiger partial charge is 0.465 e. The fourth-order valence-electron chi connectivity index (χ4n) is 3.55. The van der Waals surface area contributed by atoms with E-state index in [0.717, 1.165) is 16.8 Å². The molecule has 0 unspecified atom stereocenters. The van der Waals surface area contributed by atoms with Gasteiger partial charge >= 0.3 is 5.97 Å². The Hall–Kier alpha value is -3.57. The number of methoxy groups -OCH3 is 1. The monoisotopic (exact) mass is 433 g/mol. The molecule has 0 saturated heterocycles. The van der Waals surface area contributed by atoms with Gasteiger partial charge in [-0.3, -0.25) is 4.79 Å². The van der Waals surface area contributed by atoms with E-state index in [0.29, 0.717) is 27.9 Å². The van der Waals surface area contributed by atoms with E-state index in [1.807, 2.05) is 49.4 Å². The Morgan fingerprint density at radius 3 is 2.48 bits per heavy atom. The van der Waals surface area contributed by atoms with Crippen LogP contribution in [0, 0.1) is 6.92 Å². The molecule has 3 aromatic rings. The van der Waals surface area contributed by atoms with Gasteiger partial charge in [0.1, 0.15) is 17.1 Å². The number of nitrogens with zero attached hydrogens (tertiary/aromatic N) is 1. The van der Waals surface area contributed by atoms with Gasteiger partial charge in [-0.1, -0.05) is 41.4 Å². The molecule has 4 rings (SSSR count). The third-order valence-electron chi connectivity index (χ3n) is 5.09. The second-order valence-corrected chi connectivity index (χ2v) is 7.63. The summed E-state index contributed by atoms with van der Waals surface area (Å²) >= 11 is 6.08. The summed E-state index contributed by atoms with van der Waals surface area (Å²) in [6, 6.07) is 18.6. The fourth-order valence-corrected chi connectivity index (χ4v) is 3.74. The highest BCUT2D eigenvalue weighted by molar-refractivity contribution is 6.31. The minimum absolute atomic E-state index is 0.0101. The van der Waals surface area contributed by atoms with Crippen LogP contribution in [0.1, 0.15) is 18.2 Å². The van der Waals surface area contributed by atoms with E-state index in [1.54, 1.807) is 36.1 Å². The molecule has 2 heterocycles. The number of halogens is 1. The summed E-state index contributed by atoms with van der Waals surface area (Å²) in [5.41, 5.74) is 3.52. The molecule has 6 heteroatoms. The highest BCUT2D eigenvalue weighted by Crippen LogP contribution is 2.36. The van der Waals surface area contributed by atoms with Crippen LogP contribution >= 0.6 is 11.6 Å². The van der Waals surface area contributed by atoms with Gasteiger partial charge in [-0.25, -0.2) is 4.79 Å². The van der Waals surface area contributed by atoms with E-state index >= 15 is 0 Å². The van der Waals surface area contributed by atoms with Crippen LogP contribution in [0.5, 0.6) is 0 Å². The lowest BCUT2D eigenvalue weighted by Crippen LogP contribution is -2.18. The lowest BCUT2D eigenvalue weighted by molar-refractivity contribution is -0.137. The number of hydrogen-bond donors (Lipinski definition) is 0. The molecule has 1 aliphatic heterocycles. The molecule has 0 amide bonds. The number of benzene rings is 2. The molecule has 1 aliphatic rings. The molecule has 0 fully saturated rings. The number of rotatable bonds is 4. The van der Waals surface area contributed by atoms with Crippen LogP contribution in [-0.2, 0) is 14.3 Å². The topological polar surface area (TPSA) is 59.8 Å². The number of ketones is 1. The molecule has 2 aromatic carbocycles. The zero-order chi connectivity index (χ0) is 22.1. The Labute approximate surface area is 185 Å². The van der Waals surface area contributed by atoms with Crippen LogP contribution in [0.4, 0.5) is 5.69 Å². The number of Topliss-reactive ketones (excluding diaryl/α,β-unsaturated/α-hetero) is 1. The third kappa shape index (κ3) is 3.92. The molecule has 31 heavy (non-hydrogen) atoms. The first-order chi connectivity index (χ1) is 14.9. The minimum atomic E-state index is -0.665. The molecule has 0 saturated carbocycles. The number of carbonyl (C=O) groups is 2. The van der Waals surface area contributed by atoms with E-state index in [9.17, 15) is 9.59 Å². The van der Waals surface area contributed by atoms with Gasteiger partial charge in [0.25, 0.3) is 0 Å². The van der Waals surface area contributed by atoms with Crippen LogP contribution in [0.2, 0.25) is 5.02 Å². The van der Waals surface area contributed by atoms with Crippen molar-refractivity contribution in [2.24, 2.45) is 0 Å². The number of carbonyl (C=O) groups excluding carboxylic acids is 2. The summed E-state index contributed by atoms with van der Waals surface area (Å²) in [5.74, 6) is 0.0293. The van der Waals surface area contributed by atoms with Gasteiger partial charge in [-0.2, -0.15) is 0 Å². The Morgan fingerprint density at radius 1 is 1.06 bits per heavy atom. The van der Waals surface area contributed by atoms with E-state index in [4.69, 9.17) is 20.8 Å². The Balaban J connectivity index is 1.78. The van der Waals surface area contributed by atoms with Crippen molar-refractivity contribution in [2.45, 2.75) is 13.8 Å². The maximum Gasteiger partial charge on any atom is 0.343 e. The highest BCUT2D eigenvalue weighted by Gasteiger charge is 2.38.